The van der Waals surface area contributed by atoms with Gasteiger partial charge in [0.25, 0.3) is 17.7 Å². The first-order valence-electron chi connectivity index (χ1n) is 28.5. The van der Waals surface area contributed by atoms with E-state index in [-0.39, 0.29) is 85.5 Å². The van der Waals surface area contributed by atoms with Crippen molar-refractivity contribution in [3.8, 4) is 28.7 Å². The number of amides is 5. The van der Waals surface area contributed by atoms with E-state index in [2.05, 4.69) is 15.5 Å². The van der Waals surface area contributed by atoms with Gasteiger partial charge in [-0.05, 0) is 91.5 Å². The Kier molecular flexibility index (Phi) is 17.6. The van der Waals surface area contributed by atoms with E-state index in [9.17, 15) is 33.6 Å². The molecule has 10 rings (SSSR count). The Labute approximate surface area is 486 Å². The molecule has 4 aromatic carbocycles. The summed E-state index contributed by atoms with van der Waals surface area (Å²) in [5, 5.41) is 5.74. The smallest absolute Gasteiger partial charge is 0.296 e. The van der Waals surface area contributed by atoms with Crippen LogP contribution in [-0.2, 0) is 24.0 Å². The summed E-state index contributed by atoms with van der Waals surface area (Å²) in [6, 6.07) is 18.5. The monoisotopic (exact) mass is 1140 g/mol. The molecule has 5 heterocycles. The molecule has 2 N–H and O–H groups in total. The molecule has 434 valence electrons. The number of Topliss-reactive ketones (excluding diaryl/α,β-unsaturated/α-hetero) is 2. The number of benzene rings is 4. The Balaban J connectivity index is 0.657. The van der Waals surface area contributed by atoms with E-state index in [1.807, 2.05) is 38.4 Å². The van der Waals surface area contributed by atoms with Gasteiger partial charge in [0.15, 0.2) is 46.0 Å². The van der Waals surface area contributed by atoms with Crippen LogP contribution >= 0.6 is 0 Å². The molecule has 0 radical (unpaired) electrons. The number of ketones is 2. The van der Waals surface area contributed by atoms with E-state index in [1.165, 1.54) is 32.6 Å². The van der Waals surface area contributed by atoms with Crippen LogP contribution in [0.15, 0.2) is 111 Å². The van der Waals surface area contributed by atoms with Crippen LogP contribution in [0.3, 0.4) is 0 Å². The second-order valence-corrected chi connectivity index (χ2v) is 22.1. The summed E-state index contributed by atoms with van der Waals surface area (Å²) in [6.07, 6.45) is 12.4. The molecule has 4 aromatic rings. The number of anilines is 1. The van der Waals surface area contributed by atoms with Crippen molar-refractivity contribution < 1.29 is 57.2 Å². The third-order valence-electron chi connectivity index (χ3n) is 15.7. The average molecular weight is 1140 g/mol. The lowest BCUT2D eigenvalue weighted by atomic mass is 9.92. The lowest BCUT2D eigenvalue weighted by Crippen LogP contribution is -2.45. The molecule has 1 aliphatic carbocycles. The summed E-state index contributed by atoms with van der Waals surface area (Å²) in [6.45, 7) is 13.1. The molecule has 0 aromatic heterocycles. The molecule has 0 saturated heterocycles. The summed E-state index contributed by atoms with van der Waals surface area (Å²) < 4.78 is 29.2. The van der Waals surface area contributed by atoms with Crippen molar-refractivity contribution in [2.45, 2.75) is 103 Å². The van der Waals surface area contributed by atoms with Gasteiger partial charge in [0.05, 0.1) is 69.1 Å². The standard InChI is InChI=1S/C64H66N8O12/c1-36(2)59(70-57(74)11-8-7-9-22-71-58(75)32-56(64(71)79)84-45-20-18-42(65-4)19-21-45)51(73)25-37(3)62(77)68-43-16-14-39(15-17-43)48-27-40-33-66-49-30-54(52(80-5)28-46(49)61(76)60(40)69-48)82-23-10-24-83-55-31-50-47(29-53(55)81-6)63(78)72-35-41(38-12-13-38)26-44(72)34-67-50/h14-21,28-38,40,44,59-60H,7-13,22-27H2,1-3,5-6H3,(H,68,77)(H,70,74)/t37-,40+,44+,59+,60?/m0/s1. The number of imide groups is 1. The molecule has 5 aliphatic heterocycles. The predicted molar refractivity (Wildman–Crippen MR) is 313 cm³/mol. The van der Waals surface area contributed by atoms with Gasteiger partial charge in [0, 0.05) is 91.8 Å². The van der Waals surface area contributed by atoms with Crippen LogP contribution in [0.5, 0.6) is 28.7 Å². The molecule has 5 atom stereocenters. The quantitative estimate of drug-likeness (QED) is 0.0358. The molecular formula is C64H66N8O12. The number of carbonyl (C=O) groups is 7. The lowest BCUT2D eigenvalue weighted by Gasteiger charge is -2.23. The minimum atomic E-state index is -0.803. The molecule has 84 heavy (non-hydrogen) atoms. The number of methoxy groups -OCH3 is 2. The molecule has 0 bridgehead atoms. The normalized spacial score (nSPS) is 19.2. The number of nitrogens with zero attached hydrogens (tertiary/aromatic N) is 6. The van der Waals surface area contributed by atoms with E-state index in [4.69, 9.17) is 45.2 Å². The van der Waals surface area contributed by atoms with Crippen molar-refractivity contribution in [2.75, 3.05) is 39.3 Å². The van der Waals surface area contributed by atoms with Crippen molar-refractivity contribution in [3.63, 3.8) is 0 Å². The molecule has 5 amide bonds. The Morgan fingerprint density at radius 3 is 2.12 bits per heavy atom. The molecular weight excluding hydrogens is 1070 g/mol. The van der Waals surface area contributed by atoms with Crippen LogP contribution in [0, 0.1) is 30.2 Å². The maximum absolute atomic E-state index is 14.1. The molecule has 6 aliphatic rings. The zero-order valence-corrected chi connectivity index (χ0v) is 47.6. The topological polar surface area (TPSA) is 238 Å². The predicted octanol–water partition coefficient (Wildman–Crippen LogP) is 9.67. The first-order chi connectivity index (χ1) is 40.6. The Morgan fingerprint density at radius 1 is 0.774 bits per heavy atom. The maximum atomic E-state index is 14.1. The fraction of sp³-hybridized carbons (Fsp3) is 0.391. The summed E-state index contributed by atoms with van der Waals surface area (Å²) in [5.41, 5.74) is 5.56. The number of hydrogen-bond acceptors (Lipinski definition) is 15. The molecule has 20 nitrogen and oxygen atoms in total. The maximum Gasteiger partial charge on any atom is 0.296 e. The van der Waals surface area contributed by atoms with Crippen molar-refractivity contribution in [1.29, 1.82) is 0 Å². The summed E-state index contributed by atoms with van der Waals surface area (Å²) >= 11 is 0. The number of carbonyl (C=O) groups excluding carboxylic acids is 7. The van der Waals surface area contributed by atoms with Crippen LogP contribution in [-0.4, -0.2) is 121 Å². The minimum Gasteiger partial charge on any atom is -0.493 e. The second kappa shape index (κ2) is 25.5. The summed E-state index contributed by atoms with van der Waals surface area (Å²) in [7, 11) is 3.04. The first kappa shape index (κ1) is 58.0. The third-order valence-corrected chi connectivity index (χ3v) is 15.7. The molecule has 0 spiro atoms. The van der Waals surface area contributed by atoms with Crippen molar-refractivity contribution in [2.24, 2.45) is 38.6 Å². The number of nitrogens with one attached hydrogen (secondary N) is 2. The van der Waals surface area contributed by atoms with Gasteiger partial charge in [0.2, 0.25) is 11.8 Å². The number of fused-ring (bicyclic) bond motifs is 4. The van der Waals surface area contributed by atoms with E-state index in [1.54, 1.807) is 78.7 Å². The van der Waals surface area contributed by atoms with Crippen molar-refractivity contribution in [3.05, 3.63) is 125 Å². The number of aliphatic imine (C=N–C) groups is 3. The third kappa shape index (κ3) is 13.0. The highest BCUT2D eigenvalue weighted by atomic mass is 16.5. The van der Waals surface area contributed by atoms with Gasteiger partial charge < -0.3 is 39.2 Å². The average Bonchev–Trinajstić information content (AvgIpc) is 3.62. The highest BCUT2D eigenvalue weighted by molar-refractivity contribution is 6.16. The Bertz CT molecular complexity index is 3480. The molecule has 1 saturated carbocycles. The number of hydrogen-bond donors (Lipinski definition) is 2. The zero-order valence-electron chi connectivity index (χ0n) is 47.6. The second-order valence-electron chi connectivity index (χ2n) is 22.1. The minimum absolute atomic E-state index is 0.0960. The van der Waals surface area contributed by atoms with Crippen LogP contribution in [0.25, 0.3) is 4.85 Å². The van der Waals surface area contributed by atoms with E-state index in [0.717, 1.165) is 28.7 Å². The molecule has 20 heteroatoms. The van der Waals surface area contributed by atoms with Gasteiger partial charge >= 0.3 is 0 Å². The SMILES string of the molecule is [C-]#[N+]c1ccc(OC2=CC(=O)N(CCCCCC(=O)N[C@@H](C(=O)C[C@H](C)C(=O)Nc3ccc(C4=NC5C(=O)c6cc(OC)c(OCCCOc7cc8c(cc7OC)C(=O)N7C=C(C9CC9)C[C@@H]7C=N8)cc6N=C[C@H]5C4)cc3)C(C)C)C2=O)cc1. The fourth-order valence-corrected chi connectivity index (χ4v) is 10.9. The molecule has 1 fully saturated rings. The summed E-state index contributed by atoms with van der Waals surface area (Å²) in [5.74, 6) is -1.04. The van der Waals surface area contributed by atoms with Crippen LogP contribution in [0.2, 0.25) is 0 Å². The van der Waals surface area contributed by atoms with Crippen LogP contribution in [0.4, 0.5) is 22.7 Å². The number of unbranched alkanes of at least 4 members (excludes halogenated alkanes) is 2. The Morgan fingerprint density at radius 2 is 1.45 bits per heavy atom. The fourth-order valence-electron chi connectivity index (χ4n) is 10.9. The number of ether oxygens (including phenoxy) is 5. The van der Waals surface area contributed by atoms with Gasteiger partial charge in [-0.2, -0.15) is 0 Å². The Hall–Kier alpha value is -9.25. The van der Waals surface area contributed by atoms with E-state index < -0.39 is 29.8 Å². The highest BCUT2D eigenvalue weighted by Crippen LogP contribution is 2.45. The molecule has 1 unspecified atom stereocenters. The van der Waals surface area contributed by atoms with Gasteiger partial charge in [-0.3, -0.25) is 53.4 Å². The van der Waals surface area contributed by atoms with Crippen molar-refractivity contribution >= 4 is 82.0 Å². The first-order valence-corrected chi connectivity index (χ1v) is 28.5. The summed E-state index contributed by atoms with van der Waals surface area (Å²) in [4.78, 5) is 114. The van der Waals surface area contributed by atoms with Gasteiger partial charge in [0.1, 0.15) is 11.8 Å². The highest BCUT2D eigenvalue weighted by Gasteiger charge is 2.40. The van der Waals surface area contributed by atoms with Crippen molar-refractivity contribution in [1.82, 2.24) is 15.1 Å². The van der Waals surface area contributed by atoms with Gasteiger partial charge in [-0.1, -0.05) is 51.5 Å². The van der Waals surface area contributed by atoms with Gasteiger partial charge in [-0.15, -0.1) is 0 Å². The zero-order chi connectivity index (χ0) is 59.2. The van der Waals surface area contributed by atoms with E-state index in [0.29, 0.717) is 101 Å². The van der Waals surface area contributed by atoms with Crippen LogP contribution in [0.1, 0.15) is 111 Å². The largest absolute Gasteiger partial charge is 0.493 e. The number of rotatable bonds is 25. The van der Waals surface area contributed by atoms with Gasteiger partial charge in [-0.25, -0.2) is 4.85 Å². The van der Waals surface area contributed by atoms with E-state index >= 15 is 0 Å². The lowest BCUT2D eigenvalue weighted by molar-refractivity contribution is -0.138. The van der Waals surface area contributed by atoms with Crippen LogP contribution < -0.4 is 34.3 Å².